The van der Waals surface area contributed by atoms with Crippen LogP contribution in [-0.4, -0.2) is 28.5 Å². The van der Waals surface area contributed by atoms with Crippen molar-refractivity contribution >= 4 is 26.9 Å². The van der Waals surface area contributed by atoms with Crippen LogP contribution >= 0.6 is 0 Å². The van der Waals surface area contributed by atoms with E-state index in [1.807, 2.05) is 0 Å². The van der Waals surface area contributed by atoms with Gasteiger partial charge in [0.05, 0.1) is 11.9 Å². The van der Waals surface area contributed by atoms with Gasteiger partial charge in [-0.05, 0) is 42.8 Å². The number of carbonyl (C=O) groups is 1. The first-order valence-corrected chi connectivity index (χ1v) is 8.43. The third kappa shape index (κ3) is 2.54. The Kier molecular flexibility index (Phi) is 3.84. The molecule has 0 aliphatic rings. The predicted octanol–water partition coefficient (Wildman–Crippen LogP) is 2.35. The van der Waals surface area contributed by atoms with E-state index in [0.717, 1.165) is 16.1 Å². The highest BCUT2D eigenvalue weighted by Crippen LogP contribution is 2.30. The quantitative estimate of drug-likeness (QED) is 0.782. The van der Waals surface area contributed by atoms with E-state index in [0.29, 0.717) is 0 Å². The third-order valence-electron chi connectivity index (χ3n) is 3.74. The van der Waals surface area contributed by atoms with Gasteiger partial charge in [-0.1, -0.05) is 0 Å². The highest BCUT2D eigenvalue weighted by atomic mass is 32.2. The van der Waals surface area contributed by atoms with E-state index >= 15 is 0 Å². The molecule has 1 aromatic carbocycles. The summed E-state index contributed by atoms with van der Waals surface area (Å²) >= 11 is 0. The van der Waals surface area contributed by atoms with Crippen LogP contribution in [-0.2, 0) is 21.2 Å². The molecule has 0 aliphatic carbocycles. The average Bonchev–Trinajstić information content (AvgIpc) is 2.80. The Hall–Kier alpha value is -2.74. The number of hydrogen-bond acceptors (Lipinski definition) is 4. The fraction of sp³-hybridized carbons (Fsp3) is 0.125. The van der Waals surface area contributed by atoms with E-state index < -0.39 is 28.2 Å². The first kappa shape index (κ1) is 16.1. The number of carboxylic acid groups (broad SMARTS) is 1. The maximum absolute atomic E-state index is 13.6. The molecule has 0 aliphatic heterocycles. The molecule has 3 rings (SSSR count). The molecule has 124 valence electrons. The minimum absolute atomic E-state index is 0.0313. The highest BCUT2D eigenvalue weighted by molar-refractivity contribution is 7.90. The van der Waals surface area contributed by atoms with Crippen molar-refractivity contribution in [2.75, 3.05) is 0 Å². The number of fused-ring (bicyclic) bond motifs is 1. The van der Waals surface area contributed by atoms with Crippen molar-refractivity contribution in [2.45, 2.75) is 18.2 Å². The summed E-state index contributed by atoms with van der Waals surface area (Å²) in [6, 6.07) is 6.51. The first-order chi connectivity index (χ1) is 11.3. The van der Waals surface area contributed by atoms with Gasteiger partial charge in [0.2, 0.25) is 0 Å². The molecule has 1 N–H and O–H groups in total. The maximum Gasteiger partial charge on any atom is 0.307 e. The van der Waals surface area contributed by atoms with Crippen LogP contribution in [0.4, 0.5) is 4.39 Å². The average molecular weight is 348 g/mol. The van der Waals surface area contributed by atoms with Crippen LogP contribution in [0.5, 0.6) is 0 Å². The molecule has 2 aromatic heterocycles. The van der Waals surface area contributed by atoms with E-state index in [2.05, 4.69) is 4.98 Å². The number of aliphatic carboxylic acids is 1. The van der Waals surface area contributed by atoms with Crippen molar-refractivity contribution in [2.24, 2.45) is 0 Å². The Morgan fingerprint density at radius 2 is 2.08 bits per heavy atom. The predicted molar refractivity (Wildman–Crippen MR) is 84.8 cm³/mol. The second kappa shape index (κ2) is 5.72. The van der Waals surface area contributed by atoms with Gasteiger partial charge in [0.25, 0.3) is 10.0 Å². The molecule has 0 radical (unpaired) electrons. The lowest BCUT2D eigenvalue weighted by atomic mass is 10.1. The summed E-state index contributed by atoms with van der Waals surface area (Å²) in [5.41, 5.74) is 0.736. The number of hydrogen-bond donors (Lipinski definition) is 1. The summed E-state index contributed by atoms with van der Waals surface area (Å²) in [4.78, 5) is 14.9. The minimum atomic E-state index is -3.99. The standard InChI is InChI=1S/C16H13FN2O4S/c1-10-13(8-16(20)21)14-7-11(17)4-5-15(14)19(10)24(22,23)12-3-2-6-18-9-12/h2-7,9H,8H2,1H3,(H,20,21). The van der Waals surface area contributed by atoms with Crippen LogP contribution in [0.1, 0.15) is 11.3 Å². The normalized spacial score (nSPS) is 11.8. The summed E-state index contributed by atoms with van der Waals surface area (Å²) in [5.74, 6) is -1.69. The summed E-state index contributed by atoms with van der Waals surface area (Å²) in [7, 11) is -3.99. The molecular weight excluding hydrogens is 335 g/mol. The molecule has 24 heavy (non-hydrogen) atoms. The number of pyridine rings is 1. The largest absolute Gasteiger partial charge is 0.481 e. The van der Waals surface area contributed by atoms with Crippen molar-refractivity contribution in [1.29, 1.82) is 0 Å². The lowest BCUT2D eigenvalue weighted by molar-refractivity contribution is -0.136. The maximum atomic E-state index is 13.6. The molecule has 0 saturated heterocycles. The van der Waals surface area contributed by atoms with Gasteiger partial charge in [0.1, 0.15) is 10.7 Å². The monoisotopic (exact) mass is 348 g/mol. The molecule has 8 heteroatoms. The van der Waals surface area contributed by atoms with E-state index in [9.17, 15) is 17.6 Å². The summed E-state index contributed by atoms with van der Waals surface area (Å²) in [5, 5.41) is 9.35. The lowest BCUT2D eigenvalue weighted by Crippen LogP contribution is -2.15. The number of benzene rings is 1. The summed E-state index contributed by atoms with van der Waals surface area (Å²) in [6.45, 7) is 1.50. The van der Waals surface area contributed by atoms with Crippen LogP contribution in [0.2, 0.25) is 0 Å². The van der Waals surface area contributed by atoms with Gasteiger partial charge in [-0.25, -0.2) is 16.8 Å². The second-order valence-electron chi connectivity index (χ2n) is 5.25. The number of rotatable bonds is 4. The molecule has 6 nitrogen and oxygen atoms in total. The zero-order valence-corrected chi connectivity index (χ0v) is 13.4. The number of nitrogens with zero attached hydrogens (tertiary/aromatic N) is 2. The molecule has 0 unspecified atom stereocenters. The van der Waals surface area contributed by atoms with Gasteiger partial charge >= 0.3 is 5.97 Å². The minimum Gasteiger partial charge on any atom is -0.481 e. The molecule has 0 amide bonds. The van der Waals surface area contributed by atoms with Gasteiger partial charge in [0.15, 0.2) is 0 Å². The fourth-order valence-electron chi connectivity index (χ4n) is 2.71. The van der Waals surface area contributed by atoms with Gasteiger partial charge in [-0.3, -0.25) is 9.78 Å². The number of carboxylic acids is 1. The van der Waals surface area contributed by atoms with E-state index in [-0.39, 0.29) is 27.1 Å². The Bertz CT molecular complexity index is 1040. The molecule has 2 heterocycles. The lowest BCUT2D eigenvalue weighted by Gasteiger charge is -2.09. The molecule has 0 bridgehead atoms. The van der Waals surface area contributed by atoms with Crippen LogP contribution in [0.3, 0.4) is 0 Å². The molecule has 0 saturated carbocycles. The molecule has 3 aromatic rings. The third-order valence-corrected chi connectivity index (χ3v) is 5.53. The fourth-order valence-corrected chi connectivity index (χ4v) is 4.26. The molecule has 0 fully saturated rings. The Morgan fingerprint density at radius 1 is 1.33 bits per heavy atom. The molecule has 0 spiro atoms. The van der Waals surface area contributed by atoms with Crippen LogP contribution in [0.15, 0.2) is 47.6 Å². The highest BCUT2D eigenvalue weighted by Gasteiger charge is 2.26. The van der Waals surface area contributed by atoms with Crippen molar-refractivity contribution in [3.63, 3.8) is 0 Å². The smallest absolute Gasteiger partial charge is 0.307 e. The van der Waals surface area contributed by atoms with Crippen LogP contribution in [0, 0.1) is 12.7 Å². The van der Waals surface area contributed by atoms with Gasteiger partial charge in [-0.2, -0.15) is 0 Å². The Labute approximate surface area is 137 Å². The van der Waals surface area contributed by atoms with Crippen molar-refractivity contribution in [1.82, 2.24) is 8.96 Å². The van der Waals surface area contributed by atoms with Gasteiger partial charge in [0, 0.05) is 23.5 Å². The Balaban J connectivity index is 2.37. The van der Waals surface area contributed by atoms with Crippen molar-refractivity contribution < 1.29 is 22.7 Å². The molecular formula is C16H13FN2O4S. The topological polar surface area (TPSA) is 89.3 Å². The second-order valence-corrected chi connectivity index (χ2v) is 7.04. The van der Waals surface area contributed by atoms with Crippen LogP contribution < -0.4 is 0 Å². The van der Waals surface area contributed by atoms with Crippen molar-refractivity contribution in [3.8, 4) is 0 Å². The SMILES string of the molecule is Cc1c(CC(=O)O)c2cc(F)ccc2n1S(=O)(=O)c1cccnc1. The number of halogens is 1. The van der Waals surface area contributed by atoms with Crippen LogP contribution in [0.25, 0.3) is 10.9 Å². The Morgan fingerprint density at radius 3 is 2.71 bits per heavy atom. The van der Waals surface area contributed by atoms with Gasteiger partial charge in [-0.15, -0.1) is 0 Å². The van der Waals surface area contributed by atoms with Crippen molar-refractivity contribution in [3.05, 3.63) is 59.8 Å². The number of aromatic nitrogens is 2. The zero-order chi connectivity index (χ0) is 17.5. The van der Waals surface area contributed by atoms with E-state index in [1.54, 1.807) is 0 Å². The van der Waals surface area contributed by atoms with E-state index in [1.165, 1.54) is 37.5 Å². The zero-order valence-electron chi connectivity index (χ0n) is 12.6. The summed E-state index contributed by atoms with van der Waals surface area (Å²) in [6.07, 6.45) is 2.26. The van der Waals surface area contributed by atoms with Gasteiger partial charge < -0.3 is 5.11 Å². The van der Waals surface area contributed by atoms with E-state index in [4.69, 9.17) is 5.11 Å². The summed E-state index contributed by atoms with van der Waals surface area (Å²) < 4.78 is 40.5. The molecule has 0 atom stereocenters. The first-order valence-electron chi connectivity index (χ1n) is 6.99.